The molecule has 1 amide bonds. The van der Waals surface area contributed by atoms with Crippen molar-refractivity contribution in [2.24, 2.45) is 5.92 Å². The Bertz CT molecular complexity index is 1000. The van der Waals surface area contributed by atoms with E-state index in [2.05, 4.69) is 4.72 Å². The second kappa shape index (κ2) is 7.20. The summed E-state index contributed by atoms with van der Waals surface area (Å²) in [6.45, 7) is 0.913. The molecule has 2 fully saturated rings. The summed E-state index contributed by atoms with van der Waals surface area (Å²) >= 11 is 1.41. The normalized spacial score (nSPS) is 24.5. The molecule has 3 unspecified atom stereocenters. The highest BCUT2D eigenvalue weighted by Gasteiger charge is 2.47. The van der Waals surface area contributed by atoms with E-state index in [1.54, 1.807) is 16.3 Å². The summed E-state index contributed by atoms with van der Waals surface area (Å²) in [7, 11) is -3.29. The van der Waals surface area contributed by atoms with E-state index in [1.165, 1.54) is 29.5 Å². The van der Waals surface area contributed by atoms with Gasteiger partial charge in [0.05, 0.1) is 11.8 Å². The lowest BCUT2D eigenvalue weighted by Crippen LogP contribution is -2.38. The third-order valence-electron chi connectivity index (χ3n) is 5.22. The van der Waals surface area contributed by atoms with Crippen LogP contribution in [0.3, 0.4) is 0 Å². The van der Waals surface area contributed by atoms with Crippen molar-refractivity contribution >= 4 is 27.3 Å². The van der Waals surface area contributed by atoms with Crippen LogP contribution in [0, 0.1) is 17.6 Å². The molecule has 5 nitrogen and oxygen atoms in total. The maximum atomic E-state index is 14.0. The second-order valence-corrected chi connectivity index (χ2v) is 10.2. The highest BCUT2D eigenvalue weighted by atomic mass is 32.2. The maximum Gasteiger partial charge on any atom is 0.226 e. The van der Waals surface area contributed by atoms with Gasteiger partial charge in [-0.1, -0.05) is 6.07 Å². The van der Waals surface area contributed by atoms with Crippen LogP contribution >= 0.6 is 11.3 Å². The van der Waals surface area contributed by atoms with E-state index in [9.17, 15) is 22.0 Å². The van der Waals surface area contributed by atoms with Gasteiger partial charge in [0, 0.05) is 35.8 Å². The van der Waals surface area contributed by atoms with E-state index in [0.29, 0.717) is 31.5 Å². The summed E-state index contributed by atoms with van der Waals surface area (Å²) in [6.07, 6.45) is 2.42. The van der Waals surface area contributed by atoms with Crippen LogP contribution in [0.1, 0.15) is 23.6 Å². The standard InChI is InChI=1S/C19H20F2N2O3S2/c1-28(25,26)22-12-5-6-23(9-12)19(24)14-8-13(14)17-7-11(10-27-17)18-15(20)3-2-4-16(18)21/h2-4,7,10,12-14,22H,5-6,8-9H2,1H3. The van der Waals surface area contributed by atoms with Crippen LogP contribution in [-0.2, 0) is 14.8 Å². The minimum atomic E-state index is -3.29. The largest absolute Gasteiger partial charge is 0.341 e. The number of halogens is 2. The quantitative estimate of drug-likeness (QED) is 0.800. The molecule has 1 aromatic carbocycles. The van der Waals surface area contributed by atoms with Gasteiger partial charge in [-0.2, -0.15) is 0 Å². The Balaban J connectivity index is 1.41. The topological polar surface area (TPSA) is 66.5 Å². The van der Waals surface area contributed by atoms with Gasteiger partial charge in [-0.3, -0.25) is 4.79 Å². The van der Waals surface area contributed by atoms with Gasteiger partial charge in [0.2, 0.25) is 15.9 Å². The average molecular weight is 427 g/mol. The van der Waals surface area contributed by atoms with Crippen LogP contribution in [0.4, 0.5) is 8.78 Å². The predicted octanol–water partition coefficient (Wildman–Crippen LogP) is 2.95. The lowest BCUT2D eigenvalue weighted by atomic mass is 10.1. The van der Waals surface area contributed by atoms with Gasteiger partial charge in [-0.25, -0.2) is 21.9 Å². The maximum absolute atomic E-state index is 14.0. The van der Waals surface area contributed by atoms with Crippen molar-refractivity contribution in [1.29, 1.82) is 0 Å². The molecule has 1 N–H and O–H groups in total. The van der Waals surface area contributed by atoms with Crippen molar-refractivity contribution in [1.82, 2.24) is 9.62 Å². The molecule has 1 saturated carbocycles. The number of carbonyl (C=O) groups is 1. The molecule has 4 rings (SSSR count). The minimum Gasteiger partial charge on any atom is -0.341 e. The molecule has 0 bridgehead atoms. The molecule has 3 atom stereocenters. The molecule has 28 heavy (non-hydrogen) atoms. The highest BCUT2D eigenvalue weighted by Crippen LogP contribution is 2.51. The number of hydrogen-bond donors (Lipinski definition) is 1. The lowest BCUT2D eigenvalue weighted by Gasteiger charge is -2.16. The molecular weight excluding hydrogens is 406 g/mol. The first-order valence-corrected chi connectivity index (χ1v) is 11.8. The van der Waals surface area contributed by atoms with Gasteiger partial charge < -0.3 is 4.90 Å². The first-order chi connectivity index (χ1) is 13.2. The van der Waals surface area contributed by atoms with E-state index in [-0.39, 0.29) is 29.3 Å². The van der Waals surface area contributed by atoms with E-state index in [4.69, 9.17) is 0 Å². The zero-order valence-electron chi connectivity index (χ0n) is 15.2. The molecule has 2 heterocycles. The minimum absolute atomic E-state index is 0.0230. The van der Waals surface area contributed by atoms with Crippen LogP contribution in [0.25, 0.3) is 11.1 Å². The molecule has 1 aromatic heterocycles. The zero-order chi connectivity index (χ0) is 20.1. The van der Waals surface area contributed by atoms with Gasteiger partial charge in [0.1, 0.15) is 11.6 Å². The summed E-state index contributed by atoms with van der Waals surface area (Å²) in [5.41, 5.74) is 0.454. The van der Waals surface area contributed by atoms with Crippen molar-refractivity contribution in [3.05, 3.63) is 46.2 Å². The van der Waals surface area contributed by atoms with Crippen molar-refractivity contribution in [2.75, 3.05) is 19.3 Å². The summed E-state index contributed by atoms with van der Waals surface area (Å²) in [4.78, 5) is 15.4. The molecule has 0 spiro atoms. The molecule has 1 aliphatic heterocycles. The van der Waals surface area contributed by atoms with E-state index >= 15 is 0 Å². The van der Waals surface area contributed by atoms with Gasteiger partial charge in [-0.15, -0.1) is 11.3 Å². The number of amides is 1. The number of thiophene rings is 1. The average Bonchev–Trinajstić information content (AvgIpc) is 3.02. The fourth-order valence-corrected chi connectivity index (χ4v) is 5.71. The Morgan fingerprint density at radius 2 is 2.00 bits per heavy atom. The number of likely N-dealkylation sites (tertiary alicyclic amines) is 1. The molecule has 150 valence electrons. The van der Waals surface area contributed by atoms with Crippen molar-refractivity contribution in [2.45, 2.75) is 24.8 Å². The molecule has 0 radical (unpaired) electrons. The molecule has 2 aromatic rings. The van der Waals surface area contributed by atoms with Gasteiger partial charge >= 0.3 is 0 Å². The SMILES string of the molecule is CS(=O)(=O)NC1CCN(C(=O)C2CC2c2cc(-c3c(F)cccc3F)cs2)C1. The molecule has 2 aliphatic rings. The smallest absolute Gasteiger partial charge is 0.226 e. The lowest BCUT2D eigenvalue weighted by molar-refractivity contribution is -0.131. The number of sulfonamides is 1. The highest BCUT2D eigenvalue weighted by molar-refractivity contribution is 7.88. The molecule has 1 saturated heterocycles. The Kier molecular flexibility index (Phi) is 5.01. The monoisotopic (exact) mass is 426 g/mol. The van der Waals surface area contributed by atoms with Gasteiger partial charge in [-0.05, 0) is 42.0 Å². The number of benzene rings is 1. The third kappa shape index (κ3) is 3.97. The first kappa shape index (κ1) is 19.5. The van der Waals surface area contributed by atoms with Gasteiger partial charge in [0.15, 0.2) is 0 Å². The fraction of sp³-hybridized carbons (Fsp3) is 0.421. The first-order valence-electron chi connectivity index (χ1n) is 9.02. The fourth-order valence-electron chi connectivity index (χ4n) is 3.83. The number of hydrogen-bond acceptors (Lipinski definition) is 4. The van der Waals surface area contributed by atoms with Crippen LogP contribution in [0.2, 0.25) is 0 Å². The number of rotatable bonds is 5. The zero-order valence-corrected chi connectivity index (χ0v) is 16.8. The number of nitrogens with one attached hydrogen (secondary N) is 1. The molecule has 1 aliphatic carbocycles. The number of nitrogens with zero attached hydrogens (tertiary/aromatic N) is 1. The summed E-state index contributed by atoms with van der Waals surface area (Å²) in [5, 5.41) is 1.72. The van der Waals surface area contributed by atoms with Crippen LogP contribution in [0.15, 0.2) is 29.6 Å². The van der Waals surface area contributed by atoms with E-state index in [0.717, 1.165) is 11.1 Å². The van der Waals surface area contributed by atoms with Crippen molar-refractivity contribution in [3.8, 4) is 11.1 Å². The Morgan fingerprint density at radius 3 is 2.68 bits per heavy atom. The molecular formula is C19H20F2N2O3S2. The Labute approximate surface area is 166 Å². The van der Waals surface area contributed by atoms with E-state index in [1.807, 2.05) is 0 Å². The summed E-state index contributed by atoms with van der Waals surface area (Å²) < 4.78 is 53.2. The van der Waals surface area contributed by atoms with Gasteiger partial charge in [0.25, 0.3) is 0 Å². The Hall–Kier alpha value is -1.84. The summed E-state index contributed by atoms with van der Waals surface area (Å²) in [5.74, 6) is -1.27. The van der Waals surface area contributed by atoms with Crippen LogP contribution in [-0.4, -0.2) is 44.6 Å². The molecule has 9 heteroatoms. The second-order valence-electron chi connectivity index (χ2n) is 7.44. The third-order valence-corrected chi connectivity index (χ3v) is 7.05. The summed E-state index contributed by atoms with van der Waals surface area (Å²) in [6, 6.07) is 5.32. The Morgan fingerprint density at radius 1 is 1.29 bits per heavy atom. The van der Waals surface area contributed by atoms with Crippen LogP contribution < -0.4 is 4.72 Å². The van der Waals surface area contributed by atoms with Crippen molar-refractivity contribution < 1.29 is 22.0 Å². The van der Waals surface area contributed by atoms with Crippen molar-refractivity contribution in [3.63, 3.8) is 0 Å². The number of carbonyl (C=O) groups excluding carboxylic acids is 1. The van der Waals surface area contributed by atoms with E-state index < -0.39 is 21.7 Å². The van der Waals surface area contributed by atoms with Crippen LogP contribution in [0.5, 0.6) is 0 Å². The predicted molar refractivity (Wildman–Crippen MR) is 103 cm³/mol.